The van der Waals surface area contributed by atoms with Crippen LogP contribution in [0.2, 0.25) is 0 Å². The van der Waals surface area contributed by atoms with E-state index in [2.05, 4.69) is 0 Å². The topological polar surface area (TPSA) is 50.1 Å². The molecule has 1 atom stereocenters. The number of ether oxygens (including phenoxy) is 1. The van der Waals surface area contributed by atoms with E-state index < -0.39 is 11.9 Å². The highest BCUT2D eigenvalue weighted by Gasteiger charge is 2.18. The van der Waals surface area contributed by atoms with E-state index in [4.69, 9.17) is 21.6 Å². The SMILES string of the molecule is CCOC(=O)C(C#N)CC(C)=CCl. The summed E-state index contributed by atoms with van der Waals surface area (Å²) in [5, 5.41) is 8.65. The van der Waals surface area contributed by atoms with Crippen molar-refractivity contribution in [1.29, 1.82) is 5.26 Å². The number of rotatable bonds is 4. The number of esters is 1. The first kappa shape index (κ1) is 12.0. The van der Waals surface area contributed by atoms with Gasteiger partial charge in [0.05, 0.1) is 12.7 Å². The summed E-state index contributed by atoms with van der Waals surface area (Å²) in [7, 11) is 0. The molecule has 0 aromatic carbocycles. The van der Waals surface area contributed by atoms with Crippen molar-refractivity contribution in [1.82, 2.24) is 0 Å². The Bertz CT molecular complexity index is 242. The number of nitriles is 1. The normalized spacial score (nSPS) is 13.2. The first-order valence-corrected chi connectivity index (χ1v) is 4.41. The molecule has 0 saturated carbocycles. The molecule has 0 aliphatic rings. The maximum atomic E-state index is 11.1. The molecule has 0 amide bonds. The molecule has 0 heterocycles. The fourth-order valence-corrected chi connectivity index (χ4v) is 0.880. The van der Waals surface area contributed by atoms with Gasteiger partial charge in [0.25, 0.3) is 0 Å². The molecule has 3 nitrogen and oxygen atoms in total. The number of hydrogen-bond donors (Lipinski definition) is 0. The zero-order valence-corrected chi connectivity index (χ0v) is 8.47. The molecule has 0 rings (SSSR count). The molecule has 13 heavy (non-hydrogen) atoms. The highest BCUT2D eigenvalue weighted by Crippen LogP contribution is 2.12. The molecule has 0 radical (unpaired) electrons. The van der Waals surface area contributed by atoms with Crippen molar-refractivity contribution in [2.75, 3.05) is 6.61 Å². The van der Waals surface area contributed by atoms with Crippen LogP contribution in [0, 0.1) is 17.2 Å². The van der Waals surface area contributed by atoms with Gasteiger partial charge in [0.15, 0.2) is 0 Å². The minimum absolute atomic E-state index is 0.292. The van der Waals surface area contributed by atoms with E-state index >= 15 is 0 Å². The summed E-state index contributed by atoms with van der Waals surface area (Å²) in [5.41, 5.74) is 2.16. The summed E-state index contributed by atoms with van der Waals surface area (Å²) in [6.45, 7) is 3.76. The van der Waals surface area contributed by atoms with Crippen molar-refractivity contribution >= 4 is 17.6 Å². The van der Waals surface area contributed by atoms with Crippen molar-refractivity contribution in [2.24, 2.45) is 5.92 Å². The van der Waals surface area contributed by atoms with Gasteiger partial charge in [0.2, 0.25) is 0 Å². The molecule has 72 valence electrons. The fraction of sp³-hybridized carbons (Fsp3) is 0.556. The lowest BCUT2D eigenvalue weighted by Crippen LogP contribution is -2.16. The monoisotopic (exact) mass is 201 g/mol. The summed E-state index contributed by atoms with van der Waals surface area (Å²) in [6, 6.07) is 1.88. The molecule has 0 bridgehead atoms. The summed E-state index contributed by atoms with van der Waals surface area (Å²) >= 11 is 5.41. The largest absolute Gasteiger partial charge is 0.465 e. The van der Waals surface area contributed by atoms with Gasteiger partial charge in [-0.2, -0.15) is 5.26 Å². The van der Waals surface area contributed by atoms with E-state index in [1.165, 1.54) is 5.54 Å². The van der Waals surface area contributed by atoms with Gasteiger partial charge in [-0.15, -0.1) is 0 Å². The van der Waals surface area contributed by atoms with Gasteiger partial charge < -0.3 is 4.74 Å². The molecule has 0 aromatic heterocycles. The van der Waals surface area contributed by atoms with Crippen LogP contribution in [0.25, 0.3) is 0 Å². The third-order valence-electron chi connectivity index (χ3n) is 1.44. The van der Waals surface area contributed by atoms with Crippen LogP contribution in [0.4, 0.5) is 0 Å². The Labute approximate surface area is 82.9 Å². The Kier molecular flexibility index (Phi) is 5.99. The molecule has 0 fully saturated rings. The summed E-state index contributed by atoms with van der Waals surface area (Å²) in [4.78, 5) is 11.1. The lowest BCUT2D eigenvalue weighted by molar-refractivity contribution is -0.145. The van der Waals surface area contributed by atoms with Crippen molar-refractivity contribution in [3.05, 3.63) is 11.1 Å². The van der Waals surface area contributed by atoms with Gasteiger partial charge >= 0.3 is 5.97 Å². The minimum atomic E-state index is -0.741. The van der Waals surface area contributed by atoms with Crippen molar-refractivity contribution < 1.29 is 9.53 Å². The molecule has 1 unspecified atom stereocenters. The molecule has 0 N–H and O–H groups in total. The number of halogens is 1. The number of carbonyl (C=O) groups is 1. The van der Waals surface area contributed by atoms with Crippen LogP contribution < -0.4 is 0 Å². The van der Waals surface area contributed by atoms with Gasteiger partial charge in [-0.1, -0.05) is 17.2 Å². The average Bonchev–Trinajstić information content (AvgIpc) is 2.14. The van der Waals surface area contributed by atoms with Gasteiger partial charge in [-0.05, 0) is 20.3 Å². The summed E-state index contributed by atoms with van der Waals surface area (Å²) < 4.78 is 4.71. The van der Waals surface area contributed by atoms with Crippen LogP contribution in [-0.4, -0.2) is 12.6 Å². The van der Waals surface area contributed by atoms with E-state index in [9.17, 15) is 4.79 Å². The molecule has 0 spiro atoms. The highest BCUT2D eigenvalue weighted by molar-refractivity contribution is 6.25. The van der Waals surface area contributed by atoms with E-state index in [1.807, 2.05) is 6.07 Å². The van der Waals surface area contributed by atoms with Crippen LogP contribution in [-0.2, 0) is 9.53 Å². The third-order valence-corrected chi connectivity index (χ3v) is 1.81. The second kappa shape index (κ2) is 6.50. The predicted molar refractivity (Wildman–Crippen MR) is 50.0 cm³/mol. The maximum absolute atomic E-state index is 11.1. The molecule has 0 aliphatic carbocycles. The lowest BCUT2D eigenvalue weighted by atomic mass is 10.0. The molecule has 0 aromatic rings. The van der Waals surface area contributed by atoms with Crippen LogP contribution in [0.1, 0.15) is 20.3 Å². The van der Waals surface area contributed by atoms with Gasteiger partial charge in [0.1, 0.15) is 5.92 Å². The Balaban J connectivity index is 4.20. The van der Waals surface area contributed by atoms with E-state index in [1.54, 1.807) is 13.8 Å². The second-order valence-electron chi connectivity index (χ2n) is 2.59. The summed E-state index contributed by atoms with van der Waals surface area (Å²) in [5.74, 6) is -1.22. The predicted octanol–water partition coefficient (Wildman–Crippen LogP) is 2.22. The lowest BCUT2D eigenvalue weighted by Gasteiger charge is -2.07. The summed E-state index contributed by atoms with van der Waals surface area (Å²) in [6.07, 6.45) is 0.332. The Morgan fingerprint density at radius 1 is 1.77 bits per heavy atom. The van der Waals surface area contributed by atoms with Crippen molar-refractivity contribution in [2.45, 2.75) is 20.3 Å². The number of hydrogen-bond acceptors (Lipinski definition) is 3. The van der Waals surface area contributed by atoms with E-state index in [0.29, 0.717) is 13.0 Å². The fourth-order valence-electron chi connectivity index (χ4n) is 0.791. The zero-order chi connectivity index (χ0) is 10.3. The quantitative estimate of drug-likeness (QED) is 0.656. The number of allylic oxidation sites excluding steroid dienone is 1. The Morgan fingerprint density at radius 3 is 2.77 bits per heavy atom. The first-order valence-electron chi connectivity index (χ1n) is 3.97. The van der Waals surface area contributed by atoms with Gasteiger partial charge in [-0.3, -0.25) is 4.79 Å². The third kappa shape index (κ3) is 4.54. The van der Waals surface area contributed by atoms with Crippen LogP contribution >= 0.6 is 11.6 Å². The molecule has 0 aliphatic heterocycles. The van der Waals surface area contributed by atoms with E-state index in [-0.39, 0.29) is 0 Å². The van der Waals surface area contributed by atoms with Gasteiger partial charge in [0, 0.05) is 5.54 Å². The zero-order valence-electron chi connectivity index (χ0n) is 7.71. The molecule has 4 heteroatoms. The van der Waals surface area contributed by atoms with Crippen molar-refractivity contribution in [3.63, 3.8) is 0 Å². The number of carbonyl (C=O) groups excluding carboxylic acids is 1. The Morgan fingerprint density at radius 2 is 2.38 bits per heavy atom. The highest BCUT2D eigenvalue weighted by atomic mass is 35.5. The minimum Gasteiger partial charge on any atom is -0.465 e. The van der Waals surface area contributed by atoms with Crippen LogP contribution in [0.5, 0.6) is 0 Å². The Hall–Kier alpha value is -1.01. The van der Waals surface area contributed by atoms with Crippen LogP contribution in [0.3, 0.4) is 0 Å². The van der Waals surface area contributed by atoms with Crippen molar-refractivity contribution in [3.8, 4) is 6.07 Å². The van der Waals surface area contributed by atoms with E-state index in [0.717, 1.165) is 5.57 Å². The molecule has 0 saturated heterocycles. The van der Waals surface area contributed by atoms with Gasteiger partial charge in [-0.25, -0.2) is 0 Å². The first-order chi connectivity index (χ1) is 6.15. The molecular formula is C9H12ClNO2. The van der Waals surface area contributed by atoms with Crippen LogP contribution in [0.15, 0.2) is 11.1 Å². The second-order valence-corrected chi connectivity index (χ2v) is 2.81. The maximum Gasteiger partial charge on any atom is 0.323 e. The smallest absolute Gasteiger partial charge is 0.323 e. The molecular weight excluding hydrogens is 190 g/mol. The standard InChI is InChI=1S/C9H12ClNO2/c1-3-13-9(12)8(6-11)4-7(2)5-10/h5,8H,3-4H2,1-2H3. The average molecular weight is 202 g/mol. The number of nitrogens with zero attached hydrogens (tertiary/aromatic N) is 1.